The van der Waals surface area contributed by atoms with E-state index < -0.39 is 0 Å². The first-order chi connectivity index (χ1) is 0. The maximum Gasteiger partial charge on any atom is 2.00 e. The average Bonchev–Trinajstić information content (AvgIpc) is 0. The Hall–Kier alpha value is 0.399. The van der Waals surface area contributed by atoms with Crippen molar-refractivity contribution in [1.29, 1.82) is 0 Å². The standard InChI is InChI=1S/Cu.3H2O/h;3*1H2/q+2;;;/p-2. The molecule has 0 saturated heterocycles. The molecule has 0 aliphatic carbocycles. The van der Waals surface area contributed by atoms with Crippen LogP contribution in [0.5, 0.6) is 0 Å². The smallest absolute Gasteiger partial charge is 0.870 e. The third-order valence-corrected chi connectivity index (χ3v) is 0. The third-order valence-electron chi connectivity index (χ3n) is 0. The van der Waals surface area contributed by atoms with Crippen molar-refractivity contribution in [2.75, 3.05) is 0 Å². The molecule has 0 aromatic heterocycles. The molecule has 4 heavy (non-hydrogen) atoms. The van der Waals surface area contributed by atoms with Crippen LogP contribution in [0.2, 0.25) is 0 Å². The van der Waals surface area contributed by atoms with E-state index in [1.165, 1.54) is 0 Å². The van der Waals surface area contributed by atoms with Crippen LogP contribution in [-0.2, 0) is 17.1 Å². The van der Waals surface area contributed by atoms with E-state index in [1.807, 2.05) is 0 Å². The van der Waals surface area contributed by atoms with Crippen LogP contribution in [0, 0.1) is 0 Å². The van der Waals surface area contributed by atoms with Crippen LogP contribution < -0.4 is 0 Å². The molecule has 0 spiro atoms. The second kappa shape index (κ2) is 123. The Kier molecular flexibility index (Phi) is 9770. The number of hydrogen-bond acceptors (Lipinski definition) is 2. The average molecular weight is 116 g/mol. The molecule has 0 amide bonds. The van der Waals surface area contributed by atoms with Crippen LogP contribution in [0.25, 0.3) is 0 Å². The van der Waals surface area contributed by atoms with Gasteiger partial charge >= 0.3 is 17.1 Å². The predicted molar refractivity (Wildman–Crippen MR) is 7.49 cm³/mol. The molecule has 0 fully saturated rings. The van der Waals surface area contributed by atoms with E-state index in [1.54, 1.807) is 0 Å². The summed E-state index contributed by atoms with van der Waals surface area (Å²) in [6, 6.07) is 0. The van der Waals surface area contributed by atoms with E-state index in [2.05, 4.69) is 0 Å². The van der Waals surface area contributed by atoms with Gasteiger partial charge in [0.05, 0.1) is 0 Å². The Balaban J connectivity index is 0. The molecule has 1 radical (unpaired) electrons. The molecule has 0 heterocycles. The fourth-order valence-corrected chi connectivity index (χ4v) is 0. The van der Waals surface area contributed by atoms with Crippen LogP contribution in [0.4, 0.5) is 0 Å². The second-order valence-corrected chi connectivity index (χ2v) is 0. The molecule has 0 aliphatic rings. The van der Waals surface area contributed by atoms with Crippen molar-refractivity contribution in [3.05, 3.63) is 0 Å². The monoisotopic (exact) mass is 115 g/mol. The van der Waals surface area contributed by atoms with Crippen LogP contribution in [0.1, 0.15) is 0 Å². The minimum absolute atomic E-state index is 0. The molecular weight excluding hydrogens is 112 g/mol. The molecule has 4 heteroatoms. The van der Waals surface area contributed by atoms with Crippen molar-refractivity contribution in [2.24, 2.45) is 0 Å². The van der Waals surface area contributed by atoms with Gasteiger partial charge in [0, 0.05) is 0 Å². The molecule has 0 aromatic carbocycles. The summed E-state index contributed by atoms with van der Waals surface area (Å²) in [5.74, 6) is 0. The molecule has 0 rings (SSSR count). The van der Waals surface area contributed by atoms with Crippen LogP contribution >= 0.6 is 0 Å². The zero-order valence-electron chi connectivity index (χ0n) is 1.70. The van der Waals surface area contributed by atoms with Gasteiger partial charge in [0.1, 0.15) is 0 Å². The van der Waals surface area contributed by atoms with Crippen LogP contribution in [-0.4, -0.2) is 16.4 Å². The van der Waals surface area contributed by atoms with Crippen LogP contribution in [0.15, 0.2) is 0 Å². The maximum absolute atomic E-state index is 0. The second-order valence-electron chi connectivity index (χ2n) is 0. The Morgan fingerprint density at radius 1 is 0.750 bits per heavy atom. The van der Waals surface area contributed by atoms with Gasteiger partial charge in [-0.2, -0.15) is 0 Å². The Morgan fingerprint density at radius 2 is 0.750 bits per heavy atom. The molecular formula is H4CuO3. The fraction of sp³-hybridized carbons (Fsp3) is 0. The molecule has 4 N–H and O–H groups in total. The topological polar surface area (TPSA) is 91.5 Å². The molecule has 3 nitrogen and oxygen atoms in total. The van der Waals surface area contributed by atoms with Gasteiger partial charge in [0.15, 0.2) is 0 Å². The zero-order chi connectivity index (χ0) is 0. The first-order valence-corrected chi connectivity index (χ1v) is 0. The summed E-state index contributed by atoms with van der Waals surface area (Å²) in [6.45, 7) is 0. The first kappa shape index (κ1) is 319. The number of hydrogen-bond donors (Lipinski definition) is 0. The van der Waals surface area contributed by atoms with E-state index in [-0.39, 0.29) is 33.5 Å². The van der Waals surface area contributed by atoms with E-state index >= 15 is 0 Å². The van der Waals surface area contributed by atoms with Gasteiger partial charge in [-0.05, 0) is 0 Å². The van der Waals surface area contributed by atoms with E-state index in [0.717, 1.165) is 0 Å². The third kappa shape index (κ3) is 29.4. The Bertz CT molecular complexity index is 3.25. The first-order valence-electron chi connectivity index (χ1n) is 0. The normalized spacial score (nSPS) is 0. The van der Waals surface area contributed by atoms with Crippen molar-refractivity contribution in [2.45, 2.75) is 0 Å². The summed E-state index contributed by atoms with van der Waals surface area (Å²) in [6.07, 6.45) is 0. The van der Waals surface area contributed by atoms with Gasteiger partial charge in [0.2, 0.25) is 0 Å². The largest absolute Gasteiger partial charge is 2.00 e. The molecule has 0 atom stereocenters. The summed E-state index contributed by atoms with van der Waals surface area (Å²) in [7, 11) is 0. The number of rotatable bonds is 0. The van der Waals surface area contributed by atoms with E-state index in [4.69, 9.17) is 0 Å². The molecule has 0 unspecified atom stereocenters. The zero-order valence-corrected chi connectivity index (χ0v) is 2.64. The summed E-state index contributed by atoms with van der Waals surface area (Å²) in [5.41, 5.74) is 0. The van der Waals surface area contributed by atoms with Crippen molar-refractivity contribution in [3.63, 3.8) is 0 Å². The van der Waals surface area contributed by atoms with E-state index in [9.17, 15) is 0 Å². The molecule has 0 saturated carbocycles. The minimum Gasteiger partial charge on any atom is -0.870 e. The van der Waals surface area contributed by atoms with Gasteiger partial charge in [-0.15, -0.1) is 0 Å². The van der Waals surface area contributed by atoms with Gasteiger partial charge in [0.25, 0.3) is 0 Å². The molecule has 0 aliphatic heterocycles. The Morgan fingerprint density at radius 3 is 0.750 bits per heavy atom. The quantitative estimate of drug-likeness (QED) is 0.372. The summed E-state index contributed by atoms with van der Waals surface area (Å²) >= 11 is 0. The molecule has 0 bridgehead atoms. The van der Waals surface area contributed by atoms with Gasteiger partial charge in [-0.3, -0.25) is 0 Å². The minimum atomic E-state index is 0. The van der Waals surface area contributed by atoms with Crippen LogP contribution in [0.3, 0.4) is 0 Å². The fourth-order valence-electron chi connectivity index (χ4n) is 0. The van der Waals surface area contributed by atoms with Gasteiger partial charge < -0.3 is 16.4 Å². The van der Waals surface area contributed by atoms with E-state index in [0.29, 0.717) is 0 Å². The van der Waals surface area contributed by atoms with Gasteiger partial charge in [-0.25, -0.2) is 0 Å². The summed E-state index contributed by atoms with van der Waals surface area (Å²) in [5, 5.41) is 0. The molecule has 0 aromatic rings. The SMILES string of the molecule is O.[Cu+2].[OH-].[OH-]. The summed E-state index contributed by atoms with van der Waals surface area (Å²) in [4.78, 5) is 0. The van der Waals surface area contributed by atoms with Gasteiger partial charge in [-0.1, -0.05) is 0 Å². The van der Waals surface area contributed by atoms with Crippen molar-refractivity contribution >= 4 is 0 Å². The van der Waals surface area contributed by atoms with Crippen molar-refractivity contribution in [3.8, 4) is 0 Å². The van der Waals surface area contributed by atoms with Crippen molar-refractivity contribution in [1.82, 2.24) is 0 Å². The predicted octanol–water partition coefficient (Wildman–Crippen LogP) is -1.18. The maximum atomic E-state index is 0. The van der Waals surface area contributed by atoms with Crippen molar-refractivity contribution < 1.29 is 33.5 Å². The Labute approximate surface area is 34.4 Å². The molecule has 33 valence electrons. The summed E-state index contributed by atoms with van der Waals surface area (Å²) < 4.78 is 0.